The number of nitrogens with two attached hydrogens (primary N) is 2. The van der Waals surface area contributed by atoms with Gasteiger partial charge in [-0.15, -0.1) is 11.3 Å². The van der Waals surface area contributed by atoms with E-state index in [0.717, 1.165) is 38.2 Å². The zero-order valence-corrected chi connectivity index (χ0v) is 20.2. The van der Waals surface area contributed by atoms with E-state index in [1.165, 1.54) is 37.0 Å². The smallest absolute Gasteiger partial charge is 0.153 e. The van der Waals surface area contributed by atoms with Crippen molar-refractivity contribution in [3.8, 4) is 0 Å². The van der Waals surface area contributed by atoms with Crippen LogP contribution in [0.1, 0.15) is 16.9 Å². The summed E-state index contributed by atoms with van der Waals surface area (Å²) in [4.78, 5) is 0. The van der Waals surface area contributed by atoms with E-state index >= 15 is 0 Å². The molecule has 0 aliphatic heterocycles. The number of rotatable bonds is 1. The monoisotopic (exact) mass is 482 g/mol. The Balaban J connectivity index is 1.35. The van der Waals surface area contributed by atoms with E-state index in [4.69, 9.17) is 15.9 Å². The number of furan rings is 1. The molecule has 7 aromatic rings. The molecule has 0 bridgehead atoms. The standard InChI is InChI=1S/C32H22N2OS/c33-22-10-11-24-28(16-22)36-31-23-12-13-32(34,17-27(23)35-30(24)31)26-7-3-6-18-8-9-21-14-19-4-1-2-5-20(19)15-25(21)29(18)26/h1-16H,17,33-34H2. The van der Waals surface area contributed by atoms with Crippen molar-refractivity contribution in [3.63, 3.8) is 0 Å². The first-order valence-corrected chi connectivity index (χ1v) is 13.0. The zero-order valence-electron chi connectivity index (χ0n) is 19.4. The van der Waals surface area contributed by atoms with Crippen LogP contribution < -0.4 is 11.5 Å². The second kappa shape index (κ2) is 6.97. The number of nitrogen functional groups attached to an aromatic ring is 1. The van der Waals surface area contributed by atoms with Gasteiger partial charge in [-0.05, 0) is 68.2 Å². The summed E-state index contributed by atoms with van der Waals surface area (Å²) in [6.07, 6.45) is 4.93. The molecule has 0 amide bonds. The van der Waals surface area contributed by atoms with Crippen LogP contribution in [-0.2, 0) is 12.0 Å². The molecule has 5 aromatic carbocycles. The van der Waals surface area contributed by atoms with Crippen LogP contribution in [0.2, 0.25) is 0 Å². The van der Waals surface area contributed by atoms with Crippen molar-refractivity contribution in [1.82, 2.24) is 0 Å². The van der Waals surface area contributed by atoms with Gasteiger partial charge in [0, 0.05) is 27.8 Å². The summed E-state index contributed by atoms with van der Waals surface area (Å²) in [5, 5.41) is 8.46. The summed E-state index contributed by atoms with van der Waals surface area (Å²) >= 11 is 1.73. The maximum Gasteiger partial charge on any atom is 0.153 e. The Morgan fingerprint density at radius 1 is 0.778 bits per heavy atom. The summed E-state index contributed by atoms with van der Waals surface area (Å²) < 4.78 is 8.81. The lowest BCUT2D eigenvalue weighted by Gasteiger charge is -2.30. The van der Waals surface area contributed by atoms with Gasteiger partial charge in [-0.1, -0.05) is 66.7 Å². The summed E-state index contributed by atoms with van der Waals surface area (Å²) in [6, 6.07) is 30.0. The first-order valence-electron chi connectivity index (χ1n) is 12.1. The second-order valence-corrected chi connectivity index (χ2v) is 10.9. The molecular weight excluding hydrogens is 460 g/mol. The van der Waals surface area contributed by atoms with Crippen LogP contribution in [0.5, 0.6) is 0 Å². The third-order valence-corrected chi connectivity index (χ3v) is 8.83. The zero-order chi connectivity index (χ0) is 24.0. The average Bonchev–Trinajstić information content (AvgIpc) is 3.41. The summed E-state index contributed by atoms with van der Waals surface area (Å²) in [5.41, 5.74) is 16.5. The number of thiophene rings is 1. The van der Waals surface area contributed by atoms with Crippen LogP contribution in [0, 0.1) is 0 Å². The first kappa shape index (κ1) is 20.1. The van der Waals surface area contributed by atoms with Gasteiger partial charge in [-0.25, -0.2) is 0 Å². The van der Waals surface area contributed by atoms with Crippen molar-refractivity contribution in [2.24, 2.45) is 5.73 Å². The van der Waals surface area contributed by atoms with Gasteiger partial charge >= 0.3 is 0 Å². The molecule has 3 nitrogen and oxygen atoms in total. The van der Waals surface area contributed by atoms with Gasteiger partial charge in [-0.2, -0.15) is 0 Å². The maximum absolute atomic E-state index is 7.23. The van der Waals surface area contributed by atoms with Gasteiger partial charge in [0.2, 0.25) is 0 Å². The van der Waals surface area contributed by atoms with Gasteiger partial charge in [0.15, 0.2) is 5.58 Å². The largest absolute Gasteiger partial charge is 0.459 e. The van der Waals surface area contributed by atoms with Crippen molar-refractivity contribution in [2.45, 2.75) is 12.0 Å². The van der Waals surface area contributed by atoms with Crippen LogP contribution in [0.3, 0.4) is 0 Å². The summed E-state index contributed by atoms with van der Waals surface area (Å²) in [6.45, 7) is 0. The Hall–Kier alpha value is -4.12. The molecule has 4 N–H and O–H groups in total. The highest BCUT2D eigenvalue weighted by molar-refractivity contribution is 7.26. The second-order valence-electron chi connectivity index (χ2n) is 9.90. The highest BCUT2D eigenvalue weighted by Gasteiger charge is 2.34. The topological polar surface area (TPSA) is 65.2 Å². The predicted molar refractivity (Wildman–Crippen MR) is 154 cm³/mol. The molecule has 0 saturated heterocycles. The Kier molecular flexibility index (Phi) is 3.90. The van der Waals surface area contributed by atoms with Crippen LogP contribution in [0.4, 0.5) is 5.69 Å². The number of benzene rings is 5. The Labute approximate surface area is 211 Å². The molecular formula is C32H22N2OS. The number of hydrogen-bond acceptors (Lipinski definition) is 4. The molecule has 0 fully saturated rings. The van der Waals surface area contributed by atoms with Crippen LogP contribution in [0.15, 0.2) is 95.4 Å². The summed E-state index contributed by atoms with van der Waals surface area (Å²) in [5.74, 6) is 0.947. The third-order valence-electron chi connectivity index (χ3n) is 7.67. The molecule has 2 aromatic heterocycles. The lowest BCUT2D eigenvalue weighted by atomic mass is 9.79. The molecule has 36 heavy (non-hydrogen) atoms. The number of hydrogen-bond donors (Lipinski definition) is 2. The molecule has 1 atom stereocenters. The Bertz CT molecular complexity index is 2060. The lowest BCUT2D eigenvalue weighted by molar-refractivity contribution is 0.464. The normalized spacial score (nSPS) is 17.6. The SMILES string of the molecule is Nc1ccc2c(c1)sc1c3c(oc12)CC(N)(c1cccc2ccc4cc5ccccc5cc4c12)C=C3. The summed E-state index contributed by atoms with van der Waals surface area (Å²) in [7, 11) is 0. The minimum absolute atomic E-state index is 0.611. The first-order chi connectivity index (χ1) is 17.6. The van der Waals surface area contributed by atoms with E-state index in [1.807, 2.05) is 12.1 Å². The van der Waals surface area contributed by atoms with E-state index in [2.05, 4.69) is 84.9 Å². The van der Waals surface area contributed by atoms with Gasteiger partial charge in [0.05, 0.1) is 10.2 Å². The quantitative estimate of drug-likeness (QED) is 0.141. The highest BCUT2D eigenvalue weighted by atomic mass is 32.1. The Morgan fingerprint density at radius 3 is 2.47 bits per heavy atom. The van der Waals surface area contributed by atoms with Crippen LogP contribution in [0.25, 0.3) is 58.8 Å². The molecule has 4 heteroatoms. The fraction of sp³-hybridized carbons (Fsp3) is 0.0625. The van der Waals surface area contributed by atoms with E-state index in [1.54, 1.807) is 11.3 Å². The molecule has 0 saturated carbocycles. The van der Waals surface area contributed by atoms with Gasteiger partial charge in [0.1, 0.15) is 5.76 Å². The van der Waals surface area contributed by atoms with Crippen molar-refractivity contribution in [3.05, 3.63) is 108 Å². The van der Waals surface area contributed by atoms with E-state index < -0.39 is 5.54 Å². The molecule has 8 rings (SSSR count). The average molecular weight is 483 g/mol. The molecule has 0 radical (unpaired) electrons. The molecule has 1 aliphatic carbocycles. The Morgan fingerprint density at radius 2 is 1.58 bits per heavy atom. The molecule has 0 spiro atoms. The minimum atomic E-state index is -0.674. The fourth-order valence-electron chi connectivity index (χ4n) is 5.90. The van der Waals surface area contributed by atoms with Crippen molar-refractivity contribution in [2.75, 3.05) is 5.73 Å². The van der Waals surface area contributed by atoms with Crippen LogP contribution >= 0.6 is 11.3 Å². The third kappa shape index (κ3) is 2.71. The van der Waals surface area contributed by atoms with Crippen molar-refractivity contribution in [1.29, 1.82) is 0 Å². The van der Waals surface area contributed by atoms with Crippen molar-refractivity contribution < 1.29 is 4.42 Å². The van der Waals surface area contributed by atoms with E-state index in [0.29, 0.717) is 6.42 Å². The molecule has 1 aliphatic rings. The van der Waals surface area contributed by atoms with E-state index in [9.17, 15) is 0 Å². The van der Waals surface area contributed by atoms with Crippen LogP contribution in [-0.4, -0.2) is 0 Å². The van der Waals surface area contributed by atoms with E-state index in [-0.39, 0.29) is 0 Å². The number of fused-ring (bicyclic) bond motifs is 9. The van der Waals surface area contributed by atoms with Gasteiger partial charge in [-0.3, -0.25) is 0 Å². The highest BCUT2D eigenvalue weighted by Crippen LogP contribution is 2.45. The maximum atomic E-state index is 7.23. The predicted octanol–water partition coefficient (Wildman–Crippen LogP) is 8.11. The van der Waals surface area contributed by atoms with Crippen molar-refractivity contribution >= 4 is 75.8 Å². The number of anilines is 1. The van der Waals surface area contributed by atoms with Gasteiger partial charge in [0.25, 0.3) is 0 Å². The molecule has 2 heterocycles. The molecule has 172 valence electrons. The molecule has 1 unspecified atom stereocenters. The lowest BCUT2D eigenvalue weighted by Crippen LogP contribution is -2.38. The van der Waals surface area contributed by atoms with Gasteiger partial charge < -0.3 is 15.9 Å². The minimum Gasteiger partial charge on any atom is -0.459 e. The fourth-order valence-corrected chi connectivity index (χ4v) is 7.13.